The molecule has 0 spiro atoms. The van der Waals surface area contributed by atoms with E-state index in [0.29, 0.717) is 22.8 Å². The number of benzene rings is 2. The minimum atomic E-state index is -0.145. The molecule has 6 heteroatoms. The summed E-state index contributed by atoms with van der Waals surface area (Å²) in [5.41, 5.74) is 2.84. The second-order valence-electron chi connectivity index (χ2n) is 5.45. The Morgan fingerprint density at radius 3 is 2.36 bits per heavy atom. The maximum Gasteiger partial charge on any atom is 0.280 e. The molecular formula is C19H17IN2O3. The van der Waals surface area contributed by atoms with Crippen molar-refractivity contribution < 1.29 is 14.3 Å². The Bertz CT molecular complexity index is 873. The summed E-state index contributed by atoms with van der Waals surface area (Å²) in [6, 6.07) is 13.2. The summed E-state index contributed by atoms with van der Waals surface area (Å²) < 4.78 is 11.7. The molecule has 1 aliphatic rings. The van der Waals surface area contributed by atoms with E-state index in [2.05, 4.69) is 27.7 Å². The molecule has 1 amide bonds. The van der Waals surface area contributed by atoms with Gasteiger partial charge in [0.25, 0.3) is 5.91 Å². The molecule has 0 saturated heterocycles. The molecule has 0 bridgehead atoms. The first kappa shape index (κ1) is 17.5. The molecule has 0 N–H and O–H groups in total. The average Bonchev–Trinajstić information content (AvgIpc) is 2.90. The van der Waals surface area contributed by atoms with Crippen LogP contribution < -0.4 is 14.5 Å². The van der Waals surface area contributed by atoms with Gasteiger partial charge in [0.2, 0.25) is 0 Å². The zero-order chi connectivity index (χ0) is 18.0. The smallest absolute Gasteiger partial charge is 0.280 e. The Morgan fingerprint density at radius 2 is 1.72 bits per heavy atom. The second kappa shape index (κ2) is 7.26. The molecule has 0 unspecified atom stereocenters. The number of anilines is 1. The third kappa shape index (κ3) is 3.53. The summed E-state index contributed by atoms with van der Waals surface area (Å²) in [6.07, 6.45) is 1.82. The molecule has 0 aliphatic carbocycles. The molecule has 0 radical (unpaired) electrons. The Balaban J connectivity index is 1.93. The van der Waals surface area contributed by atoms with Crippen molar-refractivity contribution in [2.24, 2.45) is 5.10 Å². The van der Waals surface area contributed by atoms with Crippen LogP contribution in [0.1, 0.15) is 12.5 Å². The molecule has 25 heavy (non-hydrogen) atoms. The normalized spacial score (nSPS) is 15.5. The van der Waals surface area contributed by atoms with E-state index in [1.165, 1.54) is 5.01 Å². The van der Waals surface area contributed by atoms with E-state index in [1.807, 2.05) is 55.5 Å². The first-order chi connectivity index (χ1) is 12.0. The van der Waals surface area contributed by atoms with E-state index in [4.69, 9.17) is 9.47 Å². The van der Waals surface area contributed by atoms with E-state index < -0.39 is 0 Å². The Morgan fingerprint density at radius 1 is 1.04 bits per heavy atom. The first-order valence-corrected chi connectivity index (χ1v) is 8.70. The zero-order valence-corrected chi connectivity index (χ0v) is 16.3. The molecule has 1 heterocycles. The number of carbonyl (C=O) groups excluding carboxylic acids is 1. The third-order valence-electron chi connectivity index (χ3n) is 3.85. The Hall–Kier alpha value is -2.35. The average molecular weight is 448 g/mol. The predicted octanol–water partition coefficient (Wildman–Crippen LogP) is 4.11. The van der Waals surface area contributed by atoms with Gasteiger partial charge in [-0.1, -0.05) is 6.07 Å². The quantitative estimate of drug-likeness (QED) is 0.523. The number of carbonyl (C=O) groups is 1. The van der Waals surface area contributed by atoms with Crippen molar-refractivity contribution in [2.75, 3.05) is 19.2 Å². The largest absolute Gasteiger partial charge is 0.493 e. The monoisotopic (exact) mass is 448 g/mol. The highest BCUT2D eigenvalue weighted by Gasteiger charge is 2.28. The van der Waals surface area contributed by atoms with Crippen molar-refractivity contribution in [1.29, 1.82) is 0 Å². The zero-order valence-electron chi connectivity index (χ0n) is 14.1. The number of halogens is 1. The summed E-state index contributed by atoms with van der Waals surface area (Å²) in [5, 5.41) is 5.83. The van der Waals surface area contributed by atoms with Gasteiger partial charge in [-0.15, -0.1) is 0 Å². The van der Waals surface area contributed by atoms with E-state index in [0.717, 1.165) is 14.8 Å². The number of methoxy groups -OCH3 is 2. The lowest BCUT2D eigenvalue weighted by Gasteiger charge is -2.11. The molecule has 0 fully saturated rings. The molecule has 5 nitrogen and oxygen atoms in total. The molecule has 128 valence electrons. The molecule has 0 atom stereocenters. The SMILES string of the molecule is COc1ccc(/C=C2/C(=O)N(c3ccc(I)cc3)N=C2C)cc1OC. The summed E-state index contributed by atoms with van der Waals surface area (Å²) in [4.78, 5) is 12.8. The number of hydrazone groups is 1. The van der Waals surface area contributed by atoms with Crippen LogP contribution in [0.2, 0.25) is 0 Å². The van der Waals surface area contributed by atoms with E-state index in [1.54, 1.807) is 14.2 Å². The summed E-state index contributed by atoms with van der Waals surface area (Å²) in [7, 11) is 3.17. The number of rotatable bonds is 4. The second-order valence-corrected chi connectivity index (χ2v) is 6.70. The summed E-state index contributed by atoms with van der Waals surface area (Å²) in [5.74, 6) is 1.12. The van der Waals surface area contributed by atoms with Gasteiger partial charge in [0.15, 0.2) is 11.5 Å². The van der Waals surface area contributed by atoms with Gasteiger partial charge in [-0.05, 0) is 77.6 Å². The van der Waals surface area contributed by atoms with Crippen LogP contribution >= 0.6 is 22.6 Å². The van der Waals surface area contributed by atoms with Crippen LogP contribution in [0.25, 0.3) is 6.08 Å². The number of nitrogens with zero attached hydrogens (tertiary/aromatic N) is 2. The van der Waals surface area contributed by atoms with Gasteiger partial charge in [-0.3, -0.25) is 4.79 Å². The number of amides is 1. The number of ether oxygens (including phenoxy) is 2. The van der Waals surface area contributed by atoms with E-state index in [9.17, 15) is 4.79 Å². The molecule has 1 aliphatic heterocycles. The number of hydrogen-bond donors (Lipinski definition) is 0. The van der Waals surface area contributed by atoms with Crippen molar-refractivity contribution in [3.63, 3.8) is 0 Å². The lowest BCUT2D eigenvalue weighted by atomic mass is 10.1. The van der Waals surface area contributed by atoms with Gasteiger partial charge >= 0.3 is 0 Å². The van der Waals surface area contributed by atoms with Crippen LogP contribution in [0.5, 0.6) is 11.5 Å². The van der Waals surface area contributed by atoms with Crippen LogP contribution in [-0.4, -0.2) is 25.8 Å². The molecule has 0 aromatic heterocycles. The Kier molecular flexibility index (Phi) is 5.08. The Labute approximate surface area is 160 Å². The standard InChI is InChI=1S/C19H17IN2O3/c1-12-16(10-13-4-9-17(24-2)18(11-13)25-3)19(23)22(21-12)15-7-5-14(20)6-8-15/h4-11H,1-3H3/b16-10+. The molecular weight excluding hydrogens is 431 g/mol. The topological polar surface area (TPSA) is 51.1 Å². The van der Waals surface area contributed by atoms with Gasteiger partial charge in [-0.2, -0.15) is 10.1 Å². The fourth-order valence-electron chi connectivity index (χ4n) is 2.55. The van der Waals surface area contributed by atoms with Crippen LogP contribution in [0.3, 0.4) is 0 Å². The van der Waals surface area contributed by atoms with Crippen molar-refractivity contribution in [2.45, 2.75) is 6.92 Å². The van der Waals surface area contributed by atoms with Crippen molar-refractivity contribution in [3.8, 4) is 11.5 Å². The minimum absolute atomic E-state index is 0.145. The van der Waals surface area contributed by atoms with Crippen molar-refractivity contribution >= 4 is 46.0 Å². The summed E-state index contributed by atoms with van der Waals surface area (Å²) in [6.45, 7) is 1.83. The highest BCUT2D eigenvalue weighted by Crippen LogP contribution is 2.30. The van der Waals surface area contributed by atoms with Gasteiger partial charge in [0.1, 0.15) is 0 Å². The maximum atomic E-state index is 12.8. The highest BCUT2D eigenvalue weighted by molar-refractivity contribution is 14.1. The molecule has 2 aromatic carbocycles. The van der Waals surface area contributed by atoms with Crippen LogP contribution in [0.15, 0.2) is 53.1 Å². The lowest BCUT2D eigenvalue weighted by molar-refractivity contribution is -0.114. The highest BCUT2D eigenvalue weighted by atomic mass is 127. The van der Waals surface area contributed by atoms with Crippen molar-refractivity contribution in [1.82, 2.24) is 0 Å². The molecule has 3 rings (SSSR count). The fourth-order valence-corrected chi connectivity index (χ4v) is 2.91. The van der Waals surface area contributed by atoms with E-state index in [-0.39, 0.29) is 5.91 Å². The summed E-state index contributed by atoms with van der Waals surface area (Å²) >= 11 is 2.23. The molecule has 0 saturated carbocycles. The van der Waals surface area contributed by atoms with Gasteiger partial charge in [0.05, 0.1) is 31.2 Å². The van der Waals surface area contributed by atoms with Gasteiger partial charge in [0, 0.05) is 3.57 Å². The van der Waals surface area contributed by atoms with Gasteiger partial charge in [-0.25, -0.2) is 0 Å². The van der Waals surface area contributed by atoms with Crippen molar-refractivity contribution in [3.05, 3.63) is 57.2 Å². The lowest BCUT2D eigenvalue weighted by Crippen LogP contribution is -2.21. The first-order valence-electron chi connectivity index (χ1n) is 7.63. The van der Waals surface area contributed by atoms with Crippen LogP contribution in [0, 0.1) is 3.57 Å². The minimum Gasteiger partial charge on any atom is -0.493 e. The van der Waals surface area contributed by atoms with Crippen LogP contribution in [-0.2, 0) is 4.79 Å². The third-order valence-corrected chi connectivity index (χ3v) is 4.57. The van der Waals surface area contributed by atoms with Crippen LogP contribution in [0.4, 0.5) is 5.69 Å². The fraction of sp³-hybridized carbons (Fsp3) is 0.158. The maximum absolute atomic E-state index is 12.8. The predicted molar refractivity (Wildman–Crippen MR) is 107 cm³/mol. The number of hydrogen-bond acceptors (Lipinski definition) is 4. The van der Waals surface area contributed by atoms with Gasteiger partial charge < -0.3 is 9.47 Å². The van der Waals surface area contributed by atoms with E-state index >= 15 is 0 Å². The molecule has 2 aromatic rings.